The Hall–Kier alpha value is -2.85. The molecular formula is C15H19FN6. The normalized spacial score (nSPS) is 10.6. The van der Waals surface area contributed by atoms with Gasteiger partial charge in [0.2, 0.25) is 0 Å². The molecule has 0 amide bonds. The minimum atomic E-state index is -0.314. The summed E-state index contributed by atoms with van der Waals surface area (Å²) in [5.74, 6) is 0.0537. The number of halogens is 1. The van der Waals surface area contributed by atoms with Gasteiger partial charge in [-0.3, -0.25) is 0 Å². The molecule has 7 heteroatoms. The van der Waals surface area contributed by atoms with Gasteiger partial charge in [0.05, 0.1) is 11.9 Å². The SMILES string of the molecule is CCc1nn(/C=C(\N)C#N)c(N)c1-c1ccc(F)cc1.CN. The Morgan fingerprint density at radius 1 is 1.36 bits per heavy atom. The van der Waals surface area contributed by atoms with Gasteiger partial charge in [-0.05, 0) is 31.2 Å². The summed E-state index contributed by atoms with van der Waals surface area (Å²) in [6.07, 6.45) is 2.02. The van der Waals surface area contributed by atoms with Crippen molar-refractivity contribution in [1.29, 1.82) is 5.26 Å². The Labute approximate surface area is 128 Å². The Bertz CT molecular complexity index is 694. The average Bonchev–Trinajstić information content (AvgIpc) is 2.86. The van der Waals surface area contributed by atoms with E-state index in [0.717, 1.165) is 16.8 Å². The molecule has 6 nitrogen and oxygen atoms in total. The highest BCUT2D eigenvalue weighted by atomic mass is 19.1. The van der Waals surface area contributed by atoms with E-state index in [4.69, 9.17) is 16.7 Å². The first-order valence-corrected chi connectivity index (χ1v) is 6.64. The molecule has 0 aliphatic carbocycles. The highest BCUT2D eigenvalue weighted by molar-refractivity contribution is 5.78. The van der Waals surface area contributed by atoms with Crippen LogP contribution >= 0.6 is 0 Å². The molecule has 0 radical (unpaired) electrons. The number of nitriles is 1. The van der Waals surface area contributed by atoms with E-state index < -0.39 is 0 Å². The number of rotatable bonds is 3. The van der Waals surface area contributed by atoms with Crippen molar-refractivity contribution >= 4 is 12.0 Å². The lowest BCUT2D eigenvalue weighted by Crippen LogP contribution is -2.02. The quantitative estimate of drug-likeness (QED) is 0.745. The zero-order valence-electron chi connectivity index (χ0n) is 12.5. The number of aryl methyl sites for hydroxylation is 1. The second-order valence-corrected chi connectivity index (χ2v) is 4.21. The van der Waals surface area contributed by atoms with Crippen molar-refractivity contribution in [3.8, 4) is 17.2 Å². The van der Waals surface area contributed by atoms with Gasteiger partial charge in [-0.25, -0.2) is 9.07 Å². The first-order chi connectivity index (χ1) is 10.6. The number of hydrogen-bond acceptors (Lipinski definition) is 5. The van der Waals surface area contributed by atoms with Gasteiger partial charge in [0.15, 0.2) is 0 Å². The lowest BCUT2D eigenvalue weighted by Gasteiger charge is -2.03. The number of benzene rings is 1. The highest BCUT2D eigenvalue weighted by Crippen LogP contribution is 2.30. The summed E-state index contributed by atoms with van der Waals surface area (Å²) in [7, 11) is 1.50. The second-order valence-electron chi connectivity index (χ2n) is 4.21. The number of aromatic nitrogens is 2. The third kappa shape index (κ3) is 3.62. The van der Waals surface area contributed by atoms with Crippen LogP contribution in [0.15, 0.2) is 30.0 Å². The molecule has 6 N–H and O–H groups in total. The molecule has 116 valence electrons. The maximum absolute atomic E-state index is 13.0. The van der Waals surface area contributed by atoms with Crippen LogP contribution in [0, 0.1) is 17.1 Å². The van der Waals surface area contributed by atoms with Crippen LogP contribution in [0.1, 0.15) is 12.6 Å². The number of hydrogen-bond donors (Lipinski definition) is 3. The molecule has 0 bridgehead atoms. The summed E-state index contributed by atoms with van der Waals surface area (Å²) in [6.45, 7) is 1.94. The monoisotopic (exact) mass is 302 g/mol. The molecule has 0 aliphatic rings. The molecule has 1 aromatic carbocycles. The lowest BCUT2D eigenvalue weighted by atomic mass is 10.0. The molecule has 0 saturated heterocycles. The molecular weight excluding hydrogens is 283 g/mol. The summed E-state index contributed by atoms with van der Waals surface area (Å²) in [5.41, 5.74) is 18.3. The van der Waals surface area contributed by atoms with Crippen LogP contribution in [0.3, 0.4) is 0 Å². The predicted octanol–water partition coefficient (Wildman–Crippen LogP) is 1.69. The van der Waals surface area contributed by atoms with E-state index in [0.29, 0.717) is 12.2 Å². The molecule has 1 aromatic heterocycles. The van der Waals surface area contributed by atoms with Gasteiger partial charge in [0, 0.05) is 5.56 Å². The Balaban J connectivity index is 0.00000116. The van der Waals surface area contributed by atoms with E-state index in [9.17, 15) is 4.39 Å². The minimum Gasteiger partial charge on any atom is -0.389 e. The van der Waals surface area contributed by atoms with Gasteiger partial charge in [-0.1, -0.05) is 19.1 Å². The first-order valence-electron chi connectivity index (χ1n) is 6.64. The van der Waals surface area contributed by atoms with Crippen LogP contribution < -0.4 is 17.2 Å². The fraction of sp³-hybridized carbons (Fsp3) is 0.200. The van der Waals surface area contributed by atoms with Gasteiger partial charge >= 0.3 is 0 Å². The lowest BCUT2D eigenvalue weighted by molar-refractivity contribution is 0.628. The maximum Gasteiger partial charge on any atom is 0.134 e. The van der Waals surface area contributed by atoms with E-state index in [2.05, 4.69) is 10.8 Å². The van der Waals surface area contributed by atoms with E-state index >= 15 is 0 Å². The van der Waals surface area contributed by atoms with Crippen LogP contribution in [0.4, 0.5) is 10.2 Å². The number of nitrogens with zero attached hydrogens (tertiary/aromatic N) is 3. The zero-order chi connectivity index (χ0) is 16.7. The molecule has 0 aliphatic heterocycles. The van der Waals surface area contributed by atoms with E-state index in [1.165, 1.54) is 30.1 Å². The third-order valence-corrected chi connectivity index (χ3v) is 2.88. The third-order valence-electron chi connectivity index (χ3n) is 2.88. The van der Waals surface area contributed by atoms with Crippen LogP contribution in [0.25, 0.3) is 17.3 Å². The molecule has 1 heterocycles. The second kappa shape index (κ2) is 7.81. The molecule has 22 heavy (non-hydrogen) atoms. The molecule has 0 saturated carbocycles. The highest BCUT2D eigenvalue weighted by Gasteiger charge is 2.15. The van der Waals surface area contributed by atoms with Gasteiger partial charge in [0.1, 0.15) is 23.4 Å². The Morgan fingerprint density at radius 2 is 1.95 bits per heavy atom. The molecule has 0 unspecified atom stereocenters. The molecule has 0 fully saturated rings. The standard InChI is InChI=1S/C14H14FN5.CH5N/c1-2-12-13(9-3-5-10(15)6-4-9)14(18)20(19-12)8-11(17)7-16;1-2/h3-6,8H,2,17-18H2,1H3;2H2,1H3/b11-8-;. The van der Waals surface area contributed by atoms with Crippen molar-refractivity contribution in [3.05, 3.63) is 41.5 Å². The van der Waals surface area contributed by atoms with Crippen molar-refractivity contribution in [2.24, 2.45) is 11.5 Å². The molecule has 2 rings (SSSR count). The van der Waals surface area contributed by atoms with Crippen LogP contribution in [-0.2, 0) is 6.42 Å². The van der Waals surface area contributed by atoms with Crippen LogP contribution in [-0.4, -0.2) is 16.8 Å². The van der Waals surface area contributed by atoms with Crippen molar-refractivity contribution in [2.45, 2.75) is 13.3 Å². The average molecular weight is 302 g/mol. The largest absolute Gasteiger partial charge is 0.389 e. The topological polar surface area (TPSA) is 120 Å². The van der Waals surface area contributed by atoms with Gasteiger partial charge < -0.3 is 17.2 Å². The van der Waals surface area contributed by atoms with Crippen molar-refractivity contribution in [1.82, 2.24) is 9.78 Å². The van der Waals surface area contributed by atoms with Gasteiger partial charge in [-0.15, -0.1) is 0 Å². The number of nitrogens with two attached hydrogens (primary N) is 3. The molecule has 2 aromatic rings. The molecule has 0 atom stereocenters. The number of anilines is 1. The predicted molar refractivity (Wildman–Crippen MR) is 85.6 cm³/mol. The maximum atomic E-state index is 13.0. The molecule has 0 spiro atoms. The summed E-state index contributed by atoms with van der Waals surface area (Å²) >= 11 is 0. The summed E-state index contributed by atoms with van der Waals surface area (Å²) < 4.78 is 14.4. The van der Waals surface area contributed by atoms with E-state index in [1.807, 2.05) is 13.0 Å². The smallest absolute Gasteiger partial charge is 0.134 e. The Morgan fingerprint density at radius 3 is 2.45 bits per heavy atom. The number of nitrogen functional groups attached to an aromatic ring is 1. The summed E-state index contributed by atoms with van der Waals surface area (Å²) in [5, 5.41) is 13.0. The van der Waals surface area contributed by atoms with E-state index in [1.54, 1.807) is 12.1 Å². The van der Waals surface area contributed by atoms with Crippen LogP contribution in [0.5, 0.6) is 0 Å². The van der Waals surface area contributed by atoms with E-state index in [-0.39, 0.29) is 11.5 Å². The van der Waals surface area contributed by atoms with Crippen LogP contribution in [0.2, 0.25) is 0 Å². The zero-order valence-corrected chi connectivity index (χ0v) is 12.5. The van der Waals surface area contributed by atoms with Crippen molar-refractivity contribution in [2.75, 3.05) is 12.8 Å². The number of allylic oxidation sites excluding steroid dienone is 1. The fourth-order valence-electron chi connectivity index (χ4n) is 1.93. The fourth-order valence-corrected chi connectivity index (χ4v) is 1.93. The summed E-state index contributed by atoms with van der Waals surface area (Å²) in [6, 6.07) is 7.82. The minimum absolute atomic E-state index is 0.00695. The first kappa shape index (κ1) is 17.2. The summed E-state index contributed by atoms with van der Waals surface area (Å²) in [4.78, 5) is 0. The van der Waals surface area contributed by atoms with Gasteiger partial charge in [0.25, 0.3) is 0 Å². The van der Waals surface area contributed by atoms with Crippen molar-refractivity contribution in [3.63, 3.8) is 0 Å². The van der Waals surface area contributed by atoms with Gasteiger partial charge in [-0.2, -0.15) is 10.4 Å². The Kier molecular flexibility index (Phi) is 6.10. The van der Waals surface area contributed by atoms with Crippen molar-refractivity contribution < 1.29 is 4.39 Å².